The van der Waals surface area contributed by atoms with Gasteiger partial charge < -0.3 is 15.0 Å². The maximum absolute atomic E-state index is 13.0. The van der Waals surface area contributed by atoms with Gasteiger partial charge in [0.1, 0.15) is 0 Å². The average Bonchev–Trinajstić information content (AvgIpc) is 2.79. The molecule has 9 heteroatoms. The Morgan fingerprint density at radius 1 is 1.03 bits per heavy atom. The minimum Gasteiger partial charge on any atom is -0.373 e. The largest absolute Gasteiger partial charge is 0.373 e. The van der Waals surface area contributed by atoms with E-state index in [-0.39, 0.29) is 35.3 Å². The molecule has 0 aromatic heterocycles. The summed E-state index contributed by atoms with van der Waals surface area (Å²) in [5.41, 5.74) is 2.37. The number of hydrogen-bond donors (Lipinski definition) is 1. The molecule has 2 aromatic carbocycles. The standard InChI is InChI=1S/C25H29N3O5S/c1-17-15-27(16-18(2)33-17)34(31,32)22-10-8-21(9-11-22)26-25(30)14-24-23-7-5-4-6-20(23)12-13-28(24)19(3)29/h4-13,17-18,24H,14-16H2,1-3H3,(H,26,30)/t17-,18+,24-/m0/s1. The first-order valence-corrected chi connectivity index (χ1v) is 12.7. The normalized spacial score (nSPS) is 22.8. The van der Waals surface area contributed by atoms with Crippen LogP contribution in [-0.4, -0.2) is 54.7 Å². The number of amides is 2. The molecule has 1 N–H and O–H groups in total. The van der Waals surface area contributed by atoms with E-state index in [1.165, 1.54) is 23.4 Å². The van der Waals surface area contributed by atoms with Gasteiger partial charge in [-0.25, -0.2) is 8.42 Å². The maximum atomic E-state index is 13.0. The molecule has 0 unspecified atom stereocenters. The number of anilines is 1. The fourth-order valence-electron chi connectivity index (χ4n) is 4.49. The number of nitrogens with one attached hydrogen (secondary N) is 1. The summed E-state index contributed by atoms with van der Waals surface area (Å²) in [7, 11) is -3.66. The van der Waals surface area contributed by atoms with Crippen molar-refractivity contribution in [2.24, 2.45) is 0 Å². The van der Waals surface area contributed by atoms with Crippen LogP contribution in [0, 0.1) is 0 Å². The predicted octanol–water partition coefficient (Wildman–Crippen LogP) is 3.39. The van der Waals surface area contributed by atoms with E-state index < -0.39 is 16.1 Å². The molecule has 0 saturated carbocycles. The van der Waals surface area contributed by atoms with Gasteiger partial charge in [-0.1, -0.05) is 24.3 Å². The smallest absolute Gasteiger partial charge is 0.243 e. The van der Waals surface area contributed by atoms with Gasteiger partial charge in [0, 0.05) is 31.9 Å². The lowest BCUT2D eigenvalue weighted by Crippen LogP contribution is -2.48. The minimum absolute atomic E-state index is 0.0739. The minimum atomic E-state index is -3.66. The van der Waals surface area contributed by atoms with Gasteiger partial charge in [-0.2, -0.15) is 4.31 Å². The number of morpholine rings is 1. The molecule has 2 heterocycles. The number of carbonyl (C=O) groups is 2. The highest BCUT2D eigenvalue weighted by Crippen LogP contribution is 2.33. The molecule has 3 atom stereocenters. The number of benzene rings is 2. The summed E-state index contributed by atoms with van der Waals surface area (Å²) in [6, 6.07) is 13.4. The maximum Gasteiger partial charge on any atom is 0.243 e. The van der Waals surface area contributed by atoms with E-state index in [1.807, 2.05) is 44.2 Å². The van der Waals surface area contributed by atoms with E-state index in [9.17, 15) is 18.0 Å². The van der Waals surface area contributed by atoms with Gasteiger partial charge in [0.15, 0.2) is 0 Å². The summed E-state index contributed by atoms with van der Waals surface area (Å²) in [6.45, 7) is 5.78. The summed E-state index contributed by atoms with van der Waals surface area (Å²) in [6.07, 6.45) is 3.29. The molecule has 2 aliphatic rings. The molecule has 1 fully saturated rings. The third-order valence-corrected chi connectivity index (χ3v) is 7.86. The Morgan fingerprint density at radius 2 is 1.68 bits per heavy atom. The first kappa shape index (κ1) is 24.1. The zero-order valence-corrected chi connectivity index (χ0v) is 20.3. The fraction of sp³-hybridized carbons (Fsp3) is 0.360. The summed E-state index contributed by atoms with van der Waals surface area (Å²) in [5, 5.41) is 2.82. The topological polar surface area (TPSA) is 96.0 Å². The second-order valence-electron chi connectivity index (χ2n) is 8.74. The highest BCUT2D eigenvalue weighted by Gasteiger charge is 2.32. The molecule has 1 saturated heterocycles. The molecule has 0 aliphatic carbocycles. The molecule has 0 spiro atoms. The molecule has 2 amide bonds. The van der Waals surface area contributed by atoms with Crippen LogP contribution in [0.15, 0.2) is 59.6 Å². The highest BCUT2D eigenvalue weighted by molar-refractivity contribution is 7.89. The van der Waals surface area contributed by atoms with Crippen LogP contribution in [0.2, 0.25) is 0 Å². The first-order chi connectivity index (χ1) is 16.1. The summed E-state index contributed by atoms with van der Waals surface area (Å²) < 4.78 is 33.1. The van der Waals surface area contributed by atoms with E-state index in [0.717, 1.165) is 11.1 Å². The van der Waals surface area contributed by atoms with Crippen molar-refractivity contribution in [3.05, 3.63) is 65.9 Å². The lowest BCUT2D eigenvalue weighted by Gasteiger charge is -2.34. The lowest BCUT2D eigenvalue weighted by atomic mass is 9.93. The van der Waals surface area contributed by atoms with Crippen molar-refractivity contribution in [3.63, 3.8) is 0 Å². The van der Waals surface area contributed by atoms with Crippen molar-refractivity contribution >= 4 is 33.6 Å². The van der Waals surface area contributed by atoms with Crippen molar-refractivity contribution in [1.29, 1.82) is 0 Å². The van der Waals surface area contributed by atoms with E-state index in [4.69, 9.17) is 4.74 Å². The third kappa shape index (κ3) is 5.06. The van der Waals surface area contributed by atoms with Crippen LogP contribution in [0.25, 0.3) is 6.08 Å². The molecule has 0 bridgehead atoms. The van der Waals surface area contributed by atoms with Crippen molar-refractivity contribution < 1.29 is 22.7 Å². The second kappa shape index (κ2) is 9.69. The van der Waals surface area contributed by atoms with Gasteiger partial charge in [0.25, 0.3) is 0 Å². The van der Waals surface area contributed by atoms with Crippen LogP contribution < -0.4 is 5.32 Å². The monoisotopic (exact) mass is 483 g/mol. The number of sulfonamides is 1. The number of nitrogens with zero attached hydrogens (tertiary/aromatic N) is 2. The number of carbonyl (C=O) groups excluding carboxylic acids is 2. The second-order valence-corrected chi connectivity index (χ2v) is 10.7. The highest BCUT2D eigenvalue weighted by atomic mass is 32.2. The van der Waals surface area contributed by atoms with Gasteiger partial charge >= 0.3 is 0 Å². The Kier molecular flexibility index (Phi) is 6.88. The van der Waals surface area contributed by atoms with Gasteiger partial charge in [-0.15, -0.1) is 0 Å². The van der Waals surface area contributed by atoms with Gasteiger partial charge in [0.2, 0.25) is 21.8 Å². The molecular weight excluding hydrogens is 454 g/mol. The van der Waals surface area contributed by atoms with Crippen LogP contribution in [0.4, 0.5) is 5.69 Å². The van der Waals surface area contributed by atoms with Crippen LogP contribution in [0.1, 0.15) is 44.4 Å². The van der Waals surface area contributed by atoms with E-state index in [1.54, 1.807) is 23.2 Å². The Morgan fingerprint density at radius 3 is 2.32 bits per heavy atom. The van der Waals surface area contributed by atoms with Crippen molar-refractivity contribution in [2.75, 3.05) is 18.4 Å². The zero-order chi connectivity index (χ0) is 24.5. The Balaban J connectivity index is 1.46. The Bertz CT molecular complexity index is 1200. The molecular formula is C25H29N3O5S. The van der Waals surface area contributed by atoms with Crippen molar-refractivity contribution in [2.45, 2.75) is 50.3 Å². The molecule has 8 nitrogen and oxygen atoms in total. The summed E-state index contributed by atoms with van der Waals surface area (Å²) in [4.78, 5) is 26.7. The van der Waals surface area contributed by atoms with E-state index in [2.05, 4.69) is 5.32 Å². The van der Waals surface area contributed by atoms with E-state index in [0.29, 0.717) is 18.8 Å². The SMILES string of the molecule is CC(=O)N1C=Cc2ccccc2[C@@H]1CC(=O)Nc1ccc(S(=O)(=O)N2C[C@@H](C)O[C@@H](C)C2)cc1. The van der Waals surface area contributed by atoms with Gasteiger partial charge in [0.05, 0.1) is 29.6 Å². The van der Waals surface area contributed by atoms with Crippen LogP contribution in [0.3, 0.4) is 0 Å². The quantitative estimate of drug-likeness (QED) is 0.703. The molecule has 2 aromatic rings. The Labute approximate surface area is 200 Å². The molecule has 0 radical (unpaired) electrons. The predicted molar refractivity (Wildman–Crippen MR) is 129 cm³/mol. The number of ether oxygens (including phenoxy) is 1. The Hall–Kier alpha value is -3.01. The summed E-state index contributed by atoms with van der Waals surface area (Å²) in [5.74, 6) is -0.419. The molecule has 180 valence electrons. The third-order valence-electron chi connectivity index (χ3n) is 6.01. The molecule has 2 aliphatic heterocycles. The van der Waals surface area contributed by atoms with Crippen LogP contribution >= 0.6 is 0 Å². The lowest BCUT2D eigenvalue weighted by molar-refractivity contribution is -0.129. The fourth-order valence-corrected chi connectivity index (χ4v) is 6.08. The van der Waals surface area contributed by atoms with Crippen molar-refractivity contribution in [3.8, 4) is 0 Å². The van der Waals surface area contributed by atoms with Crippen LogP contribution in [0.5, 0.6) is 0 Å². The van der Waals surface area contributed by atoms with Crippen LogP contribution in [-0.2, 0) is 24.3 Å². The number of fused-ring (bicyclic) bond motifs is 1. The summed E-state index contributed by atoms with van der Waals surface area (Å²) >= 11 is 0. The van der Waals surface area contributed by atoms with Gasteiger partial charge in [-0.3, -0.25) is 9.59 Å². The average molecular weight is 484 g/mol. The van der Waals surface area contributed by atoms with Gasteiger partial charge in [-0.05, 0) is 55.3 Å². The molecule has 34 heavy (non-hydrogen) atoms. The molecule has 4 rings (SSSR count). The first-order valence-electron chi connectivity index (χ1n) is 11.3. The zero-order valence-electron chi connectivity index (χ0n) is 19.5. The number of hydrogen-bond acceptors (Lipinski definition) is 5. The van der Waals surface area contributed by atoms with E-state index >= 15 is 0 Å². The number of rotatable bonds is 5. The van der Waals surface area contributed by atoms with Crippen molar-refractivity contribution in [1.82, 2.24) is 9.21 Å².